The van der Waals surface area contributed by atoms with Gasteiger partial charge in [-0.25, -0.2) is 4.79 Å². The number of carbonyl (C=O) groups is 1. The maximum absolute atomic E-state index is 11.1. The predicted octanol–water partition coefficient (Wildman–Crippen LogP) is 4.64. The van der Waals surface area contributed by atoms with Gasteiger partial charge in [0.05, 0.1) is 17.7 Å². The van der Waals surface area contributed by atoms with E-state index in [1.54, 1.807) is 12.1 Å². The molecule has 4 nitrogen and oxygen atoms in total. The number of carboxylic acid groups (broad SMARTS) is 1. The molecule has 25 heavy (non-hydrogen) atoms. The Morgan fingerprint density at radius 3 is 2.60 bits per heavy atom. The van der Waals surface area contributed by atoms with E-state index in [0.29, 0.717) is 11.5 Å². The van der Waals surface area contributed by atoms with Crippen molar-refractivity contribution in [2.24, 2.45) is 5.92 Å². The van der Waals surface area contributed by atoms with Crippen LogP contribution in [0.4, 0.5) is 5.69 Å². The van der Waals surface area contributed by atoms with Crippen molar-refractivity contribution in [3.8, 4) is 0 Å². The van der Waals surface area contributed by atoms with Crippen molar-refractivity contribution in [3.63, 3.8) is 0 Å². The molecule has 0 aliphatic carbocycles. The first kappa shape index (κ1) is 16.2. The quantitative estimate of drug-likeness (QED) is 0.838. The van der Waals surface area contributed by atoms with Gasteiger partial charge >= 0.3 is 5.97 Å². The van der Waals surface area contributed by atoms with Crippen LogP contribution in [0.1, 0.15) is 57.6 Å². The summed E-state index contributed by atoms with van der Waals surface area (Å²) in [5.41, 5.74) is 6.39. The van der Waals surface area contributed by atoms with Crippen LogP contribution in [0.5, 0.6) is 0 Å². The van der Waals surface area contributed by atoms with Crippen LogP contribution in [0.3, 0.4) is 0 Å². The van der Waals surface area contributed by atoms with Crippen molar-refractivity contribution in [1.82, 2.24) is 0 Å². The molecule has 0 amide bonds. The van der Waals surface area contributed by atoms with Crippen LogP contribution in [-0.2, 0) is 4.74 Å². The molecule has 0 unspecified atom stereocenters. The van der Waals surface area contributed by atoms with Crippen LogP contribution in [-0.4, -0.2) is 17.7 Å². The van der Waals surface area contributed by atoms with E-state index in [-0.39, 0.29) is 12.1 Å². The third-order valence-electron chi connectivity index (χ3n) is 5.60. The van der Waals surface area contributed by atoms with Crippen LogP contribution in [0.15, 0.2) is 36.4 Å². The highest BCUT2D eigenvalue weighted by atomic mass is 16.5. The van der Waals surface area contributed by atoms with E-state index in [2.05, 4.69) is 31.3 Å². The molecular formula is C21H23NO3. The zero-order chi connectivity index (χ0) is 17.6. The number of aromatic carboxylic acids is 1. The van der Waals surface area contributed by atoms with Crippen molar-refractivity contribution in [2.75, 3.05) is 11.9 Å². The number of fused-ring (bicyclic) bond motifs is 3. The lowest BCUT2D eigenvalue weighted by Gasteiger charge is -2.43. The molecule has 3 atom stereocenters. The Morgan fingerprint density at radius 1 is 1.16 bits per heavy atom. The molecule has 0 bridgehead atoms. The Hall–Kier alpha value is -2.33. The summed E-state index contributed by atoms with van der Waals surface area (Å²) in [4.78, 5) is 11.1. The van der Waals surface area contributed by atoms with Gasteiger partial charge in [0.25, 0.3) is 0 Å². The smallest absolute Gasteiger partial charge is 0.335 e. The van der Waals surface area contributed by atoms with E-state index < -0.39 is 5.97 Å². The molecule has 1 fully saturated rings. The summed E-state index contributed by atoms with van der Waals surface area (Å²) in [6, 6.07) is 11.8. The Bertz CT molecular complexity index is 813. The lowest BCUT2D eigenvalue weighted by molar-refractivity contribution is -0.0381. The summed E-state index contributed by atoms with van der Waals surface area (Å²) in [5, 5.41) is 12.8. The van der Waals surface area contributed by atoms with Gasteiger partial charge in [-0.2, -0.15) is 0 Å². The second kappa shape index (κ2) is 6.19. The first-order valence-electron chi connectivity index (χ1n) is 8.87. The molecule has 4 heteroatoms. The Morgan fingerprint density at radius 2 is 1.88 bits per heavy atom. The number of hydrogen-bond donors (Lipinski definition) is 2. The third-order valence-corrected chi connectivity index (χ3v) is 5.60. The SMILES string of the molecule is Cc1cc2c(cc1C)[C@H]1OCCC[C@H]1[C@@H](c1ccc(C(=O)O)cc1)N2. The second-order valence-electron chi connectivity index (χ2n) is 7.17. The third kappa shape index (κ3) is 2.81. The molecule has 130 valence electrons. The van der Waals surface area contributed by atoms with Crippen LogP contribution < -0.4 is 5.32 Å². The lowest BCUT2D eigenvalue weighted by Crippen LogP contribution is -2.36. The summed E-state index contributed by atoms with van der Waals surface area (Å²) in [6.45, 7) is 5.07. The number of carboxylic acids is 1. The van der Waals surface area contributed by atoms with E-state index in [9.17, 15) is 4.79 Å². The molecule has 2 aromatic rings. The molecule has 2 aliphatic heterocycles. The normalized spacial score (nSPS) is 24.8. The second-order valence-corrected chi connectivity index (χ2v) is 7.17. The standard InChI is InChI=1S/C21H23NO3/c1-12-10-17-18(11-13(12)2)22-19(16-4-3-9-25-20(16)17)14-5-7-15(8-6-14)21(23)24/h5-8,10-11,16,19-20,22H,3-4,9H2,1-2H3,(H,23,24)/t16-,19+,20-/m0/s1. The Kier molecular flexibility index (Phi) is 4.00. The van der Waals surface area contributed by atoms with E-state index in [1.807, 2.05) is 12.1 Å². The van der Waals surface area contributed by atoms with Gasteiger partial charge in [-0.1, -0.05) is 18.2 Å². The highest BCUT2D eigenvalue weighted by Crippen LogP contribution is 2.49. The molecule has 2 N–H and O–H groups in total. The van der Waals surface area contributed by atoms with Gasteiger partial charge in [0.1, 0.15) is 0 Å². The number of ether oxygens (including phenoxy) is 1. The summed E-state index contributed by atoms with van der Waals surface area (Å²) in [6.07, 6.45) is 2.27. The fourth-order valence-corrected chi connectivity index (χ4v) is 4.10. The number of benzene rings is 2. The van der Waals surface area contributed by atoms with Gasteiger partial charge in [-0.05, 0) is 61.6 Å². The van der Waals surface area contributed by atoms with Crippen LogP contribution in [0, 0.1) is 19.8 Å². The van der Waals surface area contributed by atoms with Crippen molar-refractivity contribution >= 4 is 11.7 Å². The van der Waals surface area contributed by atoms with Crippen molar-refractivity contribution in [3.05, 3.63) is 64.2 Å². The van der Waals surface area contributed by atoms with E-state index in [0.717, 1.165) is 30.7 Å². The minimum Gasteiger partial charge on any atom is -0.478 e. The maximum Gasteiger partial charge on any atom is 0.335 e. The molecule has 0 spiro atoms. The van der Waals surface area contributed by atoms with E-state index in [4.69, 9.17) is 9.84 Å². The zero-order valence-electron chi connectivity index (χ0n) is 14.6. The highest BCUT2D eigenvalue weighted by Gasteiger charge is 2.39. The monoisotopic (exact) mass is 337 g/mol. The van der Waals surface area contributed by atoms with E-state index in [1.165, 1.54) is 16.7 Å². The van der Waals surface area contributed by atoms with Crippen molar-refractivity contribution in [2.45, 2.75) is 38.8 Å². The average molecular weight is 337 g/mol. The first-order valence-corrected chi connectivity index (χ1v) is 8.87. The zero-order valence-corrected chi connectivity index (χ0v) is 14.6. The fourth-order valence-electron chi connectivity index (χ4n) is 4.10. The fraction of sp³-hybridized carbons (Fsp3) is 0.381. The number of rotatable bonds is 2. The number of nitrogens with one attached hydrogen (secondary N) is 1. The largest absolute Gasteiger partial charge is 0.478 e. The molecule has 0 radical (unpaired) electrons. The predicted molar refractivity (Wildman–Crippen MR) is 97.1 cm³/mol. The van der Waals surface area contributed by atoms with Crippen LogP contribution in [0.25, 0.3) is 0 Å². The maximum atomic E-state index is 11.1. The molecule has 1 saturated heterocycles. The number of aryl methyl sites for hydroxylation is 2. The molecular weight excluding hydrogens is 314 g/mol. The summed E-state index contributed by atoms with van der Waals surface area (Å²) in [5.74, 6) is -0.530. The van der Waals surface area contributed by atoms with Gasteiger partial charge in [0.2, 0.25) is 0 Å². The Balaban J connectivity index is 1.75. The first-order chi connectivity index (χ1) is 12.0. The molecule has 2 aromatic carbocycles. The summed E-state index contributed by atoms with van der Waals surface area (Å²) in [7, 11) is 0. The number of hydrogen-bond acceptors (Lipinski definition) is 3. The minimum absolute atomic E-state index is 0.105. The molecule has 2 heterocycles. The molecule has 4 rings (SSSR count). The van der Waals surface area contributed by atoms with Gasteiger partial charge in [-0.15, -0.1) is 0 Å². The van der Waals surface area contributed by atoms with Gasteiger partial charge in [0.15, 0.2) is 0 Å². The van der Waals surface area contributed by atoms with E-state index >= 15 is 0 Å². The van der Waals surface area contributed by atoms with Crippen LogP contribution >= 0.6 is 0 Å². The minimum atomic E-state index is -0.890. The topological polar surface area (TPSA) is 58.6 Å². The summed E-state index contributed by atoms with van der Waals surface area (Å²) >= 11 is 0. The van der Waals surface area contributed by atoms with Gasteiger partial charge in [0, 0.05) is 23.8 Å². The average Bonchev–Trinajstić information content (AvgIpc) is 2.62. The van der Waals surface area contributed by atoms with Crippen LogP contribution in [0.2, 0.25) is 0 Å². The summed E-state index contributed by atoms with van der Waals surface area (Å²) < 4.78 is 6.18. The van der Waals surface area contributed by atoms with Gasteiger partial charge < -0.3 is 15.2 Å². The number of anilines is 1. The van der Waals surface area contributed by atoms with Crippen molar-refractivity contribution < 1.29 is 14.6 Å². The van der Waals surface area contributed by atoms with Crippen molar-refractivity contribution in [1.29, 1.82) is 0 Å². The molecule has 0 aromatic heterocycles. The lowest BCUT2D eigenvalue weighted by atomic mass is 9.77. The van der Waals surface area contributed by atoms with Gasteiger partial charge in [-0.3, -0.25) is 0 Å². The molecule has 0 saturated carbocycles. The highest BCUT2D eigenvalue weighted by molar-refractivity contribution is 5.87. The molecule has 2 aliphatic rings. The Labute approximate surface area is 147 Å².